The van der Waals surface area contributed by atoms with Gasteiger partial charge < -0.3 is 10.1 Å². The number of alkyl carbamates (subject to hydrolysis) is 1. The van der Waals surface area contributed by atoms with Gasteiger partial charge in [0.15, 0.2) is 9.84 Å². The summed E-state index contributed by atoms with van der Waals surface area (Å²) < 4.78 is 41.6. The summed E-state index contributed by atoms with van der Waals surface area (Å²) in [7, 11) is -2.52. The number of thiophene rings is 1. The van der Waals surface area contributed by atoms with Crippen LogP contribution in [0.25, 0.3) is 0 Å². The molecule has 0 saturated carbocycles. The van der Waals surface area contributed by atoms with Crippen molar-refractivity contribution in [2.45, 2.75) is 17.7 Å². The van der Waals surface area contributed by atoms with Gasteiger partial charge in [-0.3, -0.25) is 14.9 Å². The van der Waals surface area contributed by atoms with Crippen LogP contribution in [0.2, 0.25) is 0 Å². The van der Waals surface area contributed by atoms with Crippen LogP contribution in [0, 0.1) is 5.82 Å². The average molecular weight is 428 g/mol. The molecule has 0 radical (unpaired) electrons. The second kappa shape index (κ2) is 9.42. The lowest BCUT2D eigenvalue weighted by Gasteiger charge is -2.07. The Balaban J connectivity index is 1.90. The molecule has 0 aliphatic rings. The molecule has 2 rings (SSSR count). The molecule has 1 aromatic carbocycles. The van der Waals surface area contributed by atoms with Gasteiger partial charge in [-0.15, -0.1) is 11.3 Å². The third-order valence-corrected chi connectivity index (χ3v) is 6.20. The molecule has 0 saturated heterocycles. The van der Waals surface area contributed by atoms with E-state index in [1.165, 1.54) is 18.2 Å². The van der Waals surface area contributed by atoms with Crippen molar-refractivity contribution in [3.8, 4) is 0 Å². The monoisotopic (exact) mass is 428 g/mol. The molecule has 150 valence electrons. The first-order valence-electron chi connectivity index (χ1n) is 7.98. The Kier molecular flexibility index (Phi) is 7.24. The molecule has 28 heavy (non-hydrogen) atoms. The van der Waals surface area contributed by atoms with Gasteiger partial charge in [-0.2, -0.15) is 0 Å². The topological polar surface area (TPSA) is 119 Å². The third-order valence-electron chi connectivity index (χ3n) is 3.55. The van der Waals surface area contributed by atoms with E-state index in [0.717, 1.165) is 30.6 Å². The molecule has 0 aliphatic heterocycles. The van der Waals surface area contributed by atoms with Gasteiger partial charge in [0, 0.05) is 6.42 Å². The van der Waals surface area contributed by atoms with Crippen LogP contribution >= 0.6 is 11.3 Å². The van der Waals surface area contributed by atoms with Crippen molar-refractivity contribution < 1.29 is 31.9 Å². The van der Waals surface area contributed by atoms with E-state index in [1.807, 2.05) is 5.32 Å². The van der Waals surface area contributed by atoms with Crippen molar-refractivity contribution >= 4 is 44.1 Å². The summed E-state index contributed by atoms with van der Waals surface area (Å²) in [4.78, 5) is 35.1. The normalized spacial score (nSPS) is 10.9. The highest BCUT2D eigenvalue weighted by molar-refractivity contribution is 7.91. The van der Waals surface area contributed by atoms with E-state index in [4.69, 9.17) is 0 Å². The number of imide groups is 1. The van der Waals surface area contributed by atoms with Crippen molar-refractivity contribution in [1.82, 2.24) is 5.32 Å². The zero-order valence-electron chi connectivity index (χ0n) is 14.7. The minimum Gasteiger partial charge on any atom is -0.453 e. The summed E-state index contributed by atoms with van der Waals surface area (Å²) in [5.74, 6) is -2.04. The highest BCUT2D eigenvalue weighted by Crippen LogP contribution is 2.23. The Labute approximate surface area is 164 Å². The van der Waals surface area contributed by atoms with Crippen LogP contribution in [0.4, 0.5) is 14.2 Å². The number of carbonyl (C=O) groups is 3. The molecule has 0 bridgehead atoms. The number of carbonyl (C=O) groups excluding carboxylic acids is 3. The van der Waals surface area contributed by atoms with Gasteiger partial charge in [-0.1, -0.05) is 0 Å². The molecule has 1 aromatic heterocycles. The molecule has 0 atom stereocenters. The van der Waals surface area contributed by atoms with Crippen LogP contribution in [0.3, 0.4) is 0 Å². The summed E-state index contributed by atoms with van der Waals surface area (Å²) in [6.07, 6.45) is -0.990. The standard InChI is InChI=1S/C17H17FN2O6S2/c1-26-17(23)20-15(22)13-8-9-27-16(13)19-14(21)3-2-10-28(24,25)12-6-4-11(18)5-7-12/h4-9H,2-3,10H2,1H3,(H,19,21)(H,20,22,23). The highest BCUT2D eigenvalue weighted by Gasteiger charge is 2.19. The molecular weight excluding hydrogens is 411 g/mol. The fraction of sp³-hybridized carbons (Fsp3) is 0.235. The lowest BCUT2D eigenvalue weighted by molar-refractivity contribution is -0.116. The SMILES string of the molecule is COC(=O)NC(=O)c1ccsc1NC(=O)CCCS(=O)(=O)c1ccc(F)cc1. The van der Waals surface area contributed by atoms with Gasteiger partial charge in [0.05, 0.1) is 23.3 Å². The van der Waals surface area contributed by atoms with Crippen molar-refractivity contribution in [3.05, 3.63) is 47.1 Å². The molecule has 8 nitrogen and oxygen atoms in total. The van der Waals surface area contributed by atoms with E-state index in [-0.39, 0.29) is 34.1 Å². The maximum atomic E-state index is 12.9. The quantitative estimate of drug-likeness (QED) is 0.655. The van der Waals surface area contributed by atoms with Crippen molar-refractivity contribution in [3.63, 3.8) is 0 Å². The fourth-order valence-corrected chi connectivity index (χ4v) is 4.28. The van der Waals surface area contributed by atoms with Gasteiger partial charge in [0.1, 0.15) is 10.8 Å². The third kappa shape index (κ3) is 5.86. The smallest absolute Gasteiger partial charge is 0.413 e. The zero-order chi connectivity index (χ0) is 20.7. The Bertz CT molecular complexity index is 970. The molecule has 3 amide bonds. The predicted octanol–water partition coefficient (Wildman–Crippen LogP) is 2.58. The number of rotatable bonds is 7. The van der Waals surface area contributed by atoms with Gasteiger partial charge in [-0.05, 0) is 42.1 Å². The van der Waals surface area contributed by atoms with E-state index in [1.54, 1.807) is 5.38 Å². The number of hydrogen-bond acceptors (Lipinski definition) is 7. The van der Waals surface area contributed by atoms with Crippen LogP contribution in [0.15, 0.2) is 40.6 Å². The highest BCUT2D eigenvalue weighted by atomic mass is 32.2. The second-order valence-electron chi connectivity index (χ2n) is 5.53. The van der Waals surface area contributed by atoms with Crippen LogP contribution in [-0.4, -0.2) is 39.2 Å². The van der Waals surface area contributed by atoms with Gasteiger partial charge in [0.2, 0.25) is 5.91 Å². The largest absolute Gasteiger partial charge is 0.453 e. The molecule has 1 heterocycles. The van der Waals surface area contributed by atoms with Gasteiger partial charge in [-0.25, -0.2) is 17.6 Å². The van der Waals surface area contributed by atoms with E-state index in [9.17, 15) is 27.2 Å². The Morgan fingerprint density at radius 3 is 2.46 bits per heavy atom. The van der Waals surface area contributed by atoms with E-state index in [0.29, 0.717) is 0 Å². The predicted molar refractivity (Wildman–Crippen MR) is 101 cm³/mol. The molecule has 2 N–H and O–H groups in total. The molecule has 2 aromatic rings. The number of benzene rings is 1. The Morgan fingerprint density at radius 2 is 1.82 bits per heavy atom. The molecule has 0 aliphatic carbocycles. The summed E-state index contributed by atoms with van der Waals surface area (Å²) in [6.45, 7) is 0. The minimum absolute atomic E-state index is 0.0191. The van der Waals surface area contributed by atoms with Gasteiger partial charge >= 0.3 is 6.09 Å². The van der Waals surface area contributed by atoms with E-state index < -0.39 is 33.6 Å². The van der Waals surface area contributed by atoms with Crippen molar-refractivity contribution in [1.29, 1.82) is 0 Å². The summed E-state index contributed by atoms with van der Waals surface area (Å²) in [5, 5.41) is 6.28. The maximum absolute atomic E-state index is 12.9. The maximum Gasteiger partial charge on any atom is 0.413 e. The number of anilines is 1. The number of ether oxygens (including phenoxy) is 1. The molecule has 0 spiro atoms. The van der Waals surface area contributed by atoms with E-state index in [2.05, 4.69) is 10.1 Å². The minimum atomic E-state index is -3.63. The van der Waals surface area contributed by atoms with Crippen molar-refractivity contribution in [2.24, 2.45) is 0 Å². The number of nitrogens with one attached hydrogen (secondary N) is 2. The summed E-state index contributed by atoms with van der Waals surface area (Å²) in [5.41, 5.74) is 0.0858. The number of halogens is 1. The lowest BCUT2D eigenvalue weighted by atomic mass is 10.3. The zero-order valence-corrected chi connectivity index (χ0v) is 16.4. The number of amides is 3. The van der Waals surface area contributed by atoms with Crippen LogP contribution in [-0.2, 0) is 19.4 Å². The average Bonchev–Trinajstić information content (AvgIpc) is 3.09. The summed E-state index contributed by atoms with van der Waals surface area (Å²) in [6, 6.07) is 5.87. The first-order chi connectivity index (χ1) is 13.2. The molecular formula is C17H17FN2O6S2. The van der Waals surface area contributed by atoms with Gasteiger partial charge in [0.25, 0.3) is 5.91 Å². The molecule has 0 unspecified atom stereocenters. The molecule has 11 heteroatoms. The fourth-order valence-electron chi connectivity index (χ4n) is 2.17. The first-order valence-corrected chi connectivity index (χ1v) is 10.5. The summed E-state index contributed by atoms with van der Waals surface area (Å²) >= 11 is 1.08. The number of sulfone groups is 1. The van der Waals surface area contributed by atoms with Crippen LogP contribution in [0.1, 0.15) is 23.2 Å². The second-order valence-corrected chi connectivity index (χ2v) is 8.56. The Hall–Kier alpha value is -2.79. The number of methoxy groups -OCH3 is 1. The Morgan fingerprint density at radius 1 is 1.14 bits per heavy atom. The van der Waals surface area contributed by atoms with Crippen LogP contribution < -0.4 is 10.6 Å². The molecule has 0 fully saturated rings. The van der Waals surface area contributed by atoms with Crippen molar-refractivity contribution in [2.75, 3.05) is 18.2 Å². The van der Waals surface area contributed by atoms with E-state index >= 15 is 0 Å². The lowest BCUT2D eigenvalue weighted by Crippen LogP contribution is -2.30. The first kappa shape index (κ1) is 21.5. The number of hydrogen-bond donors (Lipinski definition) is 2. The van der Waals surface area contributed by atoms with Crippen LogP contribution in [0.5, 0.6) is 0 Å².